The Morgan fingerprint density at radius 2 is 1.72 bits per heavy atom. The lowest BCUT2D eigenvalue weighted by atomic mass is 10.3. The van der Waals surface area contributed by atoms with Crippen LogP contribution >= 0.6 is 34.8 Å². The summed E-state index contributed by atoms with van der Waals surface area (Å²) in [6, 6.07) is 8.83. The molecule has 0 atom stereocenters. The summed E-state index contributed by atoms with van der Waals surface area (Å²) < 4.78 is 37.9. The largest absolute Gasteiger partial charge is 0.482 e. The molecule has 1 saturated heterocycles. The Balaban J connectivity index is 1.75. The third-order valence-corrected chi connectivity index (χ3v) is 6.76. The zero-order chi connectivity index (χ0) is 21.0. The lowest BCUT2D eigenvalue weighted by Crippen LogP contribution is -2.40. The monoisotopic (exact) mass is 478 g/mol. The van der Waals surface area contributed by atoms with E-state index in [2.05, 4.69) is 5.32 Å². The van der Waals surface area contributed by atoms with E-state index in [1.54, 1.807) is 12.1 Å². The van der Waals surface area contributed by atoms with Crippen molar-refractivity contribution in [2.45, 2.75) is 4.90 Å². The van der Waals surface area contributed by atoms with Gasteiger partial charge in [-0.25, -0.2) is 8.42 Å². The molecule has 1 aliphatic rings. The van der Waals surface area contributed by atoms with Gasteiger partial charge in [0.15, 0.2) is 6.61 Å². The second kappa shape index (κ2) is 9.51. The van der Waals surface area contributed by atoms with E-state index in [1.807, 2.05) is 0 Å². The van der Waals surface area contributed by atoms with Crippen molar-refractivity contribution in [3.63, 3.8) is 0 Å². The summed E-state index contributed by atoms with van der Waals surface area (Å²) in [5.74, 6) is -0.489. The van der Waals surface area contributed by atoms with E-state index in [0.29, 0.717) is 23.9 Å². The predicted molar refractivity (Wildman–Crippen MR) is 112 cm³/mol. The Hall–Kier alpha value is -1.55. The van der Waals surface area contributed by atoms with Crippen molar-refractivity contribution in [1.82, 2.24) is 4.31 Å². The number of rotatable bonds is 6. The van der Waals surface area contributed by atoms with Crippen LogP contribution in [0.25, 0.3) is 0 Å². The molecule has 2 aromatic rings. The molecule has 3 rings (SSSR count). The van der Waals surface area contributed by atoms with Crippen LogP contribution in [0, 0.1) is 0 Å². The summed E-state index contributed by atoms with van der Waals surface area (Å²) in [5.41, 5.74) is 0.363. The Kier molecular flexibility index (Phi) is 7.26. The summed E-state index contributed by atoms with van der Waals surface area (Å²) in [4.78, 5) is 12.1. The van der Waals surface area contributed by atoms with Gasteiger partial charge in [-0.05, 0) is 36.4 Å². The van der Waals surface area contributed by atoms with Crippen LogP contribution in [0.4, 0.5) is 5.69 Å². The molecule has 0 spiro atoms. The number of nitrogens with one attached hydrogen (secondary N) is 1. The number of hydrogen-bond donors (Lipinski definition) is 1. The molecule has 1 heterocycles. The summed E-state index contributed by atoms with van der Waals surface area (Å²) in [6.45, 7) is 0.639. The van der Waals surface area contributed by atoms with Gasteiger partial charge in [0.2, 0.25) is 10.0 Å². The average molecular weight is 480 g/mol. The van der Waals surface area contributed by atoms with Crippen LogP contribution in [-0.4, -0.2) is 51.5 Å². The van der Waals surface area contributed by atoms with Gasteiger partial charge < -0.3 is 14.8 Å². The van der Waals surface area contributed by atoms with E-state index >= 15 is 0 Å². The molecule has 1 amide bonds. The topological polar surface area (TPSA) is 84.9 Å². The fraction of sp³-hybridized carbons (Fsp3) is 0.278. The Morgan fingerprint density at radius 3 is 2.41 bits per heavy atom. The fourth-order valence-corrected chi connectivity index (χ4v) is 4.91. The molecule has 0 radical (unpaired) electrons. The van der Waals surface area contributed by atoms with Crippen molar-refractivity contribution >= 4 is 56.4 Å². The van der Waals surface area contributed by atoms with E-state index in [0.717, 1.165) is 0 Å². The molecule has 1 fully saturated rings. The highest BCUT2D eigenvalue weighted by molar-refractivity contribution is 7.89. The number of anilines is 1. The Bertz CT molecular complexity index is 1010. The number of benzene rings is 2. The third-order valence-electron chi connectivity index (χ3n) is 4.06. The van der Waals surface area contributed by atoms with E-state index in [4.69, 9.17) is 44.3 Å². The van der Waals surface area contributed by atoms with Gasteiger partial charge in [0.05, 0.1) is 23.9 Å². The van der Waals surface area contributed by atoms with Crippen LogP contribution in [0.5, 0.6) is 5.75 Å². The molecule has 0 aromatic heterocycles. The number of ether oxygens (including phenoxy) is 2. The molecule has 7 nitrogen and oxygen atoms in total. The van der Waals surface area contributed by atoms with Crippen LogP contribution in [0.2, 0.25) is 15.1 Å². The zero-order valence-corrected chi connectivity index (χ0v) is 18.1. The van der Waals surface area contributed by atoms with E-state index in [9.17, 15) is 13.2 Å². The third kappa shape index (κ3) is 5.53. The first kappa shape index (κ1) is 22.1. The minimum absolute atomic E-state index is 0.0262. The Morgan fingerprint density at radius 1 is 1.07 bits per heavy atom. The lowest BCUT2D eigenvalue weighted by Gasteiger charge is -2.26. The molecule has 0 unspecified atom stereocenters. The van der Waals surface area contributed by atoms with Crippen LogP contribution in [0.1, 0.15) is 0 Å². The van der Waals surface area contributed by atoms with Crippen molar-refractivity contribution in [3.05, 3.63) is 51.5 Å². The predicted octanol–water partition coefficient (Wildman–Crippen LogP) is 3.69. The van der Waals surface area contributed by atoms with Crippen LogP contribution in [-0.2, 0) is 19.6 Å². The van der Waals surface area contributed by atoms with Gasteiger partial charge in [0.25, 0.3) is 5.91 Å². The molecule has 2 aromatic carbocycles. The summed E-state index contributed by atoms with van der Waals surface area (Å²) in [6.07, 6.45) is 0. The summed E-state index contributed by atoms with van der Waals surface area (Å²) >= 11 is 17.9. The number of morpholine rings is 1. The highest BCUT2D eigenvalue weighted by Crippen LogP contribution is 2.30. The smallest absolute Gasteiger partial charge is 0.262 e. The number of halogens is 3. The normalized spacial score (nSPS) is 15.1. The van der Waals surface area contributed by atoms with E-state index < -0.39 is 22.5 Å². The van der Waals surface area contributed by atoms with Crippen molar-refractivity contribution in [3.8, 4) is 5.75 Å². The molecular weight excluding hydrogens is 463 g/mol. The molecule has 11 heteroatoms. The minimum Gasteiger partial charge on any atom is -0.482 e. The second-order valence-corrected chi connectivity index (χ2v) is 9.25. The number of hydrogen-bond acceptors (Lipinski definition) is 5. The first-order chi connectivity index (χ1) is 13.8. The molecule has 156 valence electrons. The first-order valence-electron chi connectivity index (χ1n) is 8.52. The fourth-order valence-electron chi connectivity index (χ4n) is 2.65. The standard InChI is InChI=1S/C18H17Cl3N2O5S/c19-12-1-3-15(14(21)9-12)22-18(24)11-28-16-4-2-13(20)10-17(16)29(25,26)23-5-7-27-8-6-23/h1-4,9-10H,5-8,11H2,(H,22,24). The number of carbonyl (C=O) groups excluding carboxylic acids is 1. The van der Waals surface area contributed by atoms with Crippen molar-refractivity contribution < 1.29 is 22.7 Å². The molecule has 0 aliphatic carbocycles. The number of carbonyl (C=O) groups is 1. The second-order valence-electron chi connectivity index (χ2n) is 6.07. The maximum atomic E-state index is 13.0. The number of sulfonamides is 1. The summed E-state index contributed by atoms with van der Waals surface area (Å²) in [5, 5.41) is 3.53. The molecular formula is C18H17Cl3N2O5S. The van der Waals surface area contributed by atoms with Crippen molar-refractivity contribution in [2.75, 3.05) is 38.2 Å². The van der Waals surface area contributed by atoms with Crippen molar-refractivity contribution in [2.24, 2.45) is 0 Å². The van der Waals surface area contributed by atoms with Crippen molar-refractivity contribution in [1.29, 1.82) is 0 Å². The van der Waals surface area contributed by atoms with Crippen LogP contribution in [0.3, 0.4) is 0 Å². The average Bonchev–Trinajstić information content (AvgIpc) is 2.70. The van der Waals surface area contributed by atoms with Gasteiger partial charge in [-0.3, -0.25) is 4.79 Å². The number of nitrogens with zero attached hydrogens (tertiary/aromatic N) is 1. The van der Waals surface area contributed by atoms with Gasteiger partial charge in [0.1, 0.15) is 10.6 Å². The highest BCUT2D eigenvalue weighted by atomic mass is 35.5. The van der Waals surface area contributed by atoms with Crippen LogP contribution in [0.15, 0.2) is 41.3 Å². The highest BCUT2D eigenvalue weighted by Gasteiger charge is 2.29. The zero-order valence-electron chi connectivity index (χ0n) is 15.0. The molecule has 29 heavy (non-hydrogen) atoms. The maximum absolute atomic E-state index is 13.0. The number of amides is 1. The van der Waals surface area contributed by atoms with E-state index in [-0.39, 0.29) is 33.8 Å². The molecule has 1 N–H and O–H groups in total. The molecule has 0 saturated carbocycles. The molecule has 1 aliphatic heterocycles. The SMILES string of the molecule is O=C(COc1ccc(Cl)cc1S(=O)(=O)N1CCOCC1)Nc1ccc(Cl)cc1Cl. The lowest BCUT2D eigenvalue weighted by molar-refractivity contribution is -0.118. The van der Waals surface area contributed by atoms with Gasteiger partial charge in [-0.1, -0.05) is 34.8 Å². The van der Waals surface area contributed by atoms with Gasteiger partial charge in [0, 0.05) is 23.1 Å². The van der Waals surface area contributed by atoms with Gasteiger partial charge in [-0.2, -0.15) is 4.31 Å². The quantitative estimate of drug-likeness (QED) is 0.683. The first-order valence-corrected chi connectivity index (χ1v) is 11.1. The van der Waals surface area contributed by atoms with Crippen LogP contribution < -0.4 is 10.1 Å². The molecule has 0 bridgehead atoms. The minimum atomic E-state index is -3.86. The maximum Gasteiger partial charge on any atom is 0.262 e. The summed E-state index contributed by atoms with van der Waals surface area (Å²) in [7, 11) is -3.86. The van der Waals surface area contributed by atoms with Gasteiger partial charge in [-0.15, -0.1) is 0 Å². The Labute approximate surface area is 183 Å². The van der Waals surface area contributed by atoms with E-state index in [1.165, 1.54) is 28.6 Å². The van der Waals surface area contributed by atoms with Gasteiger partial charge >= 0.3 is 0 Å².